The number of methoxy groups -OCH3 is 2. The molecule has 2 N–H and O–H groups in total. The van der Waals surface area contributed by atoms with Crippen LogP contribution in [0.4, 0.5) is 5.69 Å². The molecule has 0 radical (unpaired) electrons. The molecule has 0 aromatic heterocycles. The quantitative estimate of drug-likeness (QED) is 0.744. The van der Waals surface area contributed by atoms with Crippen molar-refractivity contribution in [1.29, 1.82) is 0 Å². The Bertz CT molecular complexity index is 712. The second-order valence-corrected chi connectivity index (χ2v) is 7.71. The third kappa shape index (κ3) is 4.70. The first-order valence-corrected chi connectivity index (χ1v) is 9.98. The molecule has 1 saturated carbocycles. The third-order valence-corrected chi connectivity index (χ3v) is 5.95. The Balaban J connectivity index is 1.72. The Morgan fingerprint density at radius 3 is 2.21 bits per heavy atom. The molecule has 1 unspecified atom stereocenters. The van der Waals surface area contributed by atoms with Gasteiger partial charge in [-0.3, -0.25) is 4.79 Å². The van der Waals surface area contributed by atoms with Crippen molar-refractivity contribution < 1.29 is 28.8 Å². The van der Waals surface area contributed by atoms with Gasteiger partial charge in [0, 0.05) is 11.6 Å². The van der Waals surface area contributed by atoms with Gasteiger partial charge < -0.3 is 19.7 Å². The van der Waals surface area contributed by atoms with Crippen LogP contribution in [0.15, 0.2) is 18.2 Å². The number of hydrogen-bond acceptors (Lipinski definition) is 5. The van der Waals surface area contributed by atoms with Crippen molar-refractivity contribution in [2.75, 3.05) is 32.6 Å². The van der Waals surface area contributed by atoms with E-state index in [4.69, 9.17) is 9.47 Å². The van der Waals surface area contributed by atoms with Crippen LogP contribution in [0.5, 0.6) is 0 Å². The molecular formula is C21H29N2O5+. The van der Waals surface area contributed by atoms with E-state index in [1.807, 2.05) is 0 Å². The SMILES string of the molecule is COC(=O)c1cc(NC(=O)C[NH+]2CCC[C@@H]3CCCC[C@@H]32)cc(C(=O)OC)c1. The van der Waals surface area contributed by atoms with E-state index in [1.165, 1.54) is 69.4 Å². The summed E-state index contributed by atoms with van der Waals surface area (Å²) in [7, 11) is 2.54. The summed E-state index contributed by atoms with van der Waals surface area (Å²) in [4.78, 5) is 37.8. The Kier molecular flexibility index (Phi) is 6.67. The maximum absolute atomic E-state index is 12.7. The molecule has 2 fully saturated rings. The van der Waals surface area contributed by atoms with Gasteiger partial charge >= 0.3 is 11.9 Å². The number of carbonyl (C=O) groups excluding carboxylic acids is 3. The van der Waals surface area contributed by atoms with Crippen molar-refractivity contribution in [2.24, 2.45) is 5.92 Å². The predicted octanol–water partition coefficient (Wildman–Crippen LogP) is 1.44. The molecule has 1 aliphatic carbocycles. The third-order valence-electron chi connectivity index (χ3n) is 5.95. The van der Waals surface area contributed by atoms with E-state index in [0.29, 0.717) is 18.3 Å². The summed E-state index contributed by atoms with van der Waals surface area (Å²) in [5.41, 5.74) is 0.779. The van der Waals surface area contributed by atoms with E-state index in [0.717, 1.165) is 18.9 Å². The van der Waals surface area contributed by atoms with Crippen LogP contribution < -0.4 is 10.2 Å². The molecule has 0 spiro atoms. The number of amides is 1. The maximum Gasteiger partial charge on any atom is 0.337 e. The molecule has 28 heavy (non-hydrogen) atoms. The highest BCUT2D eigenvalue weighted by atomic mass is 16.5. The molecule has 7 nitrogen and oxygen atoms in total. The molecule has 1 amide bonds. The molecule has 152 valence electrons. The number of likely N-dealkylation sites (tertiary alicyclic amines) is 1. The molecule has 3 atom stereocenters. The average Bonchev–Trinajstić information content (AvgIpc) is 2.72. The topological polar surface area (TPSA) is 86.1 Å². The molecule has 3 rings (SSSR count). The largest absolute Gasteiger partial charge is 0.465 e. The number of hydrogen-bond donors (Lipinski definition) is 2. The average molecular weight is 389 g/mol. The first kappa shape index (κ1) is 20.3. The van der Waals surface area contributed by atoms with E-state index >= 15 is 0 Å². The van der Waals surface area contributed by atoms with E-state index in [1.54, 1.807) is 0 Å². The fourth-order valence-electron chi connectivity index (χ4n) is 4.67. The number of benzene rings is 1. The van der Waals surface area contributed by atoms with Crippen LogP contribution in [0.25, 0.3) is 0 Å². The normalized spacial score (nSPS) is 24.0. The fourth-order valence-corrected chi connectivity index (χ4v) is 4.67. The minimum Gasteiger partial charge on any atom is -0.465 e. The first-order valence-electron chi connectivity index (χ1n) is 9.98. The van der Waals surface area contributed by atoms with Gasteiger partial charge in [-0.15, -0.1) is 0 Å². The lowest BCUT2D eigenvalue weighted by atomic mass is 9.78. The van der Waals surface area contributed by atoms with Gasteiger partial charge in [0.15, 0.2) is 6.54 Å². The van der Waals surface area contributed by atoms with Gasteiger partial charge in [0.05, 0.1) is 37.9 Å². The Labute approximate surface area is 165 Å². The Morgan fingerprint density at radius 2 is 1.57 bits per heavy atom. The van der Waals surface area contributed by atoms with E-state index in [2.05, 4.69) is 5.32 Å². The lowest BCUT2D eigenvalue weighted by Gasteiger charge is -2.40. The number of esters is 2. The molecule has 2 aliphatic rings. The fraction of sp³-hybridized carbons (Fsp3) is 0.571. The summed E-state index contributed by atoms with van der Waals surface area (Å²) in [5, 5.41) is 2.85. The summed E-state index contributed by atoms with van der Waals surface area (Å²) >= 11 is 0. The summed E-state index contributed by atoms with van der Waals surface area (Å²) in [6.45, 7) is 1.42. The molecule has 1 heterocycles. The van der Waals surface area contributed by atoms with E-state index < -0.39 is 11.9 Å². The highest BCUT2D eigenvalue weighted by Gasteiger charge is 2.37. The molecular weight excluding hydrogens is 360 g/mol. The number of ether oxygens (including phenoxy) is 2. The van der Waals surface area contributed by atoms with Crippen molar-refractivity contribution >= 4 is 23.5 Å². The van der Waals surface area contributed by atoms with Crippen LogP contribution >= 0.6 is 0 Å². The van der Waals surface area contributed by atoms with Gasteiger partial charge in [0.1, 0.15) is 0 Å². The van der Waals surface area contributed by atoms with Crippen LogP contribution in [0.1, 0.15) is 59.2 Å². The van der Waals surface area contributed by atoms with Crippen molar-refractivity contribution in [3.05, 3.63) is 29.3 Å². The number of carbonyl (C=O) groups is 3. The molecule has 7 heteroatoms. The Hall–Kier alpha value is -2.41. The molecule has 1 aromatic rings. The summed E-state index contributed by atoms with van der Waals surface area (Å²) in [6, 6.07) is 5.01. The smallest absolute Gasteiger partial charge is 0.337 e. The van der Waals surface area contributed by atoms with Gasteiger partial charge in [-0.2, -0.15) is 0 Å². The van der Waals surface area contributed by atoms with Crippen molar-refractivity contribution in [3.63, 3.8) is 0 Å². The lowest BCUT2D eigenvalue weighted by Crippen LogP contribution is -3.18. The summed E-state index contributed by atoms with van der Waals surface area (Å²) in [6.07, 6.45) is 7.46. The van der Waals surface area contributed by atoms with Crippen molar-refractivity contribution in [3.8, 4) is 0 Å². The second kappa shape index (κ2) is 9.19. The van der Waals surface area contributed by atoms with Gasteiger partial charge in [-0.05, 0) is 50.3 Å². The molecule has 0 bridgehead atoms. The highest BCUT2D eigenvalue weighted by Crippen LogP contribution is 2.28. The van der Waals surface area contributed by atoms with Crippen LogP contribution in [0, 0.1) is 5.92 Å². The standard InChI is InChI=1S/C21H28N2O5/c1-27-20(25)15-10-16(21(26)28-2)12-17(11-15)22-19(24)13-23-9-5-7-14-6-3-4-8-18(14)23/h10-12,14,18H,3-9,13H2,1-2H3,(H,22,24)/p+1/t14-,18-/m0/s1. The first-order chi connectivity index (χ1) is 13.5. The summed E-state index contributed by atoms with van der Waals surface area (Å²) in [5.74, 6) is -0.529. The second-order valence-electron chi connectivity index (χ2n) is 7.71. The van der Waals surface area contributed by atoms with Gasteiger partial charge in [-0.1, -0.05) is 6.42 Å². The van der Waals surface area contributed by atoms with Crippen molar-refractivity contribution in [1.82, 2.24) is 0 Å². The number of piperidine rings is 1. The molecule has 1 aliphatic heterocycles. The van der Waals surface area contributed by atoms with Crippen LogP contribution in [-0.4, -0.2) is 51.2 Å². The van der Waals surface area contributed by atoms with Gasteiger partial charge in [0.25, 0.3) is 5.91 Å². The molecule has 1 aromatic carbocycles. The highest BCUT2D eigenvalue weighted by molar-refractivity contribution is 5.99. The zero-order valence-electron chi connectivity index (χ0n) is 16.6. The maximum atomic E-state index is 12.7. The number of rotatable bonds is 5. The number of anilines is 1. The van der Waals surface area contributed by atoms with Gasteiger partial charge in [-0.25, -0.2) is 9.59 Å². The van der Waals surface area contributed by atoms with Crippen LogP contribution in [-0.2, 0) is 14.3 Å². The summed E-state index contributed by atoms with van der Waals surface area (Å²) < 4.78 is 9.47. The number of fused-ring (bicyclic) bond motifs is 1. The molecule has 1 saturated heterocycles. The van der Waals surface area contributed by atoms with Crippen molar-refractivity contribution in [2.45, 2.75) is 44.6 Å². The number of quaternary nitrogens is 1. The van der Waals surface area contributed by atoms with Gasteiger partial charge in [0.2, 0.25) is 0 Å². The lowest BCUT2D eigenvalue weighted by molar-refractivity contribution is -0.928. The van der Waals surface area contributed by atoms with Crippen LogP contribution in [0.2, 0.25) is 0 Å². The minimum atomic E-state index is -0.576. The zero-order valence-corrected chi connectivity index (χ0v) is 16.6. The number of nitrogens with one attached hydrogen (secondary N) is 2. The predicted molar refractivity (Wildman–Crippen MR) is 103 cm³/mol. The monoisotopic (exact) mass is 389 g/mol. The van der Waals surface area contributed by atoms with Crippen LogP contribution in [0.3, 0.4) is 0 Å². The zero-order chi connectivity index (χ0) is 20.1. The Morgan fingerprint density at radius 1 is 0.964 bits per heavy atom. The van der Waals surface area contributed by atoms with E-state index in [-0.39, 0.29) is 17.0 Å². The van der Waals surface area contributed by atoms with E-state index in [9.17, 15) is 14.4 Å². The minimum absolute atomic E-state index is 0.112.